The summed E-state index contributed by atoms with van der Waals surface area (Å²) < 4.78 is 19.3. The summed E-state index contributed by atoms with van der Waals surface area (Å²) in [6.07, 6.45) is 1.75. The lowest BCUT2D eigenvalue weighted by Gasteiger charge is -2.24. The number of halogens is 1. The van der Waals surface area contributed by atoms with E-state index in [0.29, 0.717) is 18.7 Å². The number of benzene rings is 1. The Hall–Kier alpha value is -1.13. The number of aliphatic hydroxyl groups is 1. The molecule has 3 nitrogen and oxygen atoms in total. The molecule has 0 heterocycles. The molecule has 0 radical (unpaired) electrons. The van der Waals surface area contributed by atoms with Gasteiger partial charge in [0.05, 0.1) is 12.7 Å². The average molecular weight is 267 g/mol. The maximum Gasteiger partial charge on any atom is 0.131 e. The van der Waals surface area contributed by atoms with Crippen LogP contribution in [0.1, 0.15) is 31.4 Å². The Bertz CT molecular complexity index is 419. The van der Waals surface area contributed by atoms with Gasteiger partial charge in [0.25, 0.3) is 0 Å². The lowest BCUT2D eigenvalue weighted by Crippen LogP contribution is -2.24. The molecule has 106 valence electrons. The van der Waals surface area contributed by atoms with Gasteiger partial charge in [-0.2, -0.15) is 0 Å². The molecule has 1 aromatic rings. The van der Waals surface area contributed by atoms with E-state index >= 15 is 0 Å². The molecule has 1 N–H and O–H groups in total. The minimum absolute atomic E-state index is 0.354. The smallest absolute Gasteiger partial charge is 0.131 e. The first-order chi connectivity index (χ1) is 9.09. The second-order valence-electron chi connectivity index (χ2n) is 5.29. The van der Waals surface area contributed by atoms with Gasteiger partial charge in [-0.1, -0.05) is 6.07 Å². The van der Waals surface area contributed by atoms with Crippen LogP contribution in [0.2, 0.25) is 0 Å². The van der Waals surface area contributed by atoms with E-state index in [2.05, 4.69) is 0 Å². The molecule has 2 rings (SSSR count). The fourth-order valence-electron chi connectivity index (χ4n) is 2.13. The zero-order valence-corrected chi connectivity index (χ0v) is 11.6. The quantitative estimate of drug-likeness (QED) is 0.771. The Morgan fingerprint density at radius 1 is 1.47 bits per heavy atom. The first-order valence-electron chi connectivity index (χ1n) is 6.85. The van der Waals surface area contributed by atoms with E-state index < -0.39 is 6.10 Å². The van der Waals surface area contributed by atoms with E-state index in [1.54, 1.807) is 13.0 Å². The summed E-state index contributed by atoms with van der Waals surface area (Å²) in [5, 5.41) is 9.69. The van der Waals surface area contributed by atoms with Crippen LogP contribution in [0.5, 0.6) is 0 Å². The SMILES string of the molecule is C[C@H](O)c1c(F)cccc1N(C)CCOCC1CC1. The maximum absolute atomic E-state index is 13.7. The number of anilines is 1. The van der Waals surface area contributed by atoms with E-state index in [1.165, 1.54) is 18.9 Å². The molecule has 0 aromatic heterocycles. The highest BCUT2D eigenvalue weighted by atomic mass is 19.1. The van der Waals surface area contributed by atoms with Crippen LogP contribution in [0.25, 0.3) is 0 Å². The summed E-state index contributed by atoms with van der Waals surface area (Å²) >= 11 is 0. The van der Waals surface area contributed by atoms with Gasteiger partial charge in [-0.25, -0.2) is 4.39 Å². The second kappa shape index (κ2) is 6.35. The molecule has 1 saturated carbocycles. The molecule has 0 spiro atoms. The summed E-state index contributed by atoms with van der Waals surface area (Å²) in [7, 11) is 1.89. The van der Waals surface area contributed by atoms with Crippen molar-refractivity contribution < 1.29 is 14.2 Å². The van der Waals surface area contributed by atoms with Gasteiger partial charge in [0.2, 0.25) is 0 Å². The average Bonchev–Trinajstić information content (AvgIpc) is 3.17. The molecule has 1 aromatic carbocycles. The van der Waals surface area contributed by atoms with E-state index in [4.69, 9.17) is 4.74 Å². The van der Waals surface area contributed by atoms with Gasteiger partial charge in [0.1, 0.15) is 5.82 Å². The zero-order valence-electron chi connectivity index (χ0n) is 11.6. The van der Waals surface area contributed by atoms with E-state index in [9.17, 15) is 9.50 Å². The summed E-state index contributed by atoms with van der Waals surface area (Å²) in [5.41, 5.74) is 1.08. The maximum atomic E-state index is 13.7. The van der Waals surface area contributed by atoms with Gasteiger partial charge in [0, 0.05) is 31.5 Å². The van der Waals surface area contributed by atoms with Crippen molar-refractivity contribution in [1.29, 1.82) is 0 Å². The van der Waals surface area contributed by atoms with Crippen LogP contribution >= 0.6 is 0 Å². The lowest BCUT2D eigenvalue weighted by atomic mass is 10.1. The van der Waals surface area contributed by atoms with Crippen molar-refractivity contribution in [2.45, 2.75) is 25.9 Å². The van der Waals surface area contributed by atoms with E-state index in [1.807, 2.05) is 18.0 Å². The van der Waals surface area contributed by atoms with Crippen molar-refractivity contribution in [1.82, 2.24) is 0 Å². The highest BCUT2D eigenvalue weighted by Gasteiger charge is 2.21. The molecule has 1 aliphatic rings. The minimum Gasteiger partial charge on any atom is -0.389 e. The van der Waals surface area contributed by atoms with Crippen molar-refractivity contribution in [2.24, 2.45) is 5.92 Å². The van der Waals surface area contributed by atoms with Crippen molar-refractivity contribution >= 4 is 5.69 Å². The van der Waals surface area contributed by atoms with Gasteiger partial charge < -0.3 is 14.7 Å². The molecule has 1 aliphatic carbocycles. The predicted molar refractivity (Wildman–Crippen MR) is 73.8 cm³/mol. The molecular weight excluding hydrogens is 245 g/mol. The molecule has 0 aliphatic heterocycles. The first kappa shape index (κ1) is 14.3. The molecule has 19 heavy (non-hydrogen) atoms. The zero-order chi connectivity index (χ0) is 13.8. The Morgan fingerprint density at radius 3 is 2.84 bits per heavy atom. The summed E-state index contributed by atoms with van der Waals surface area (Å²) in [4.78, 5) is 1.93. The van der Waals surface area contributed by atoms with Crippen LogP contribution < -0.4 is 4.90 Å². The van der Waals surface area contributed by atoms with Crippen LogP contribution in [0, 0.1) is 11.7 Å². The van der Waals surface area contributed by atoms with E-state index in [0.717, 1.165) is 18.2 Å². The topological polar surface area (TPSA) is 32.7 Å². The normalized spacial score (nSPS) is 16.4. The highest BCUT2D eigenvalue weighted by Crippen LogP contribution is 2.29. The van der Waals surface area contributed by atoms with Crippen molar-refractivity contribution in [2.75, 3.05) is 31.7 Å². The van der Waals surface area contributed by atoms with Gasteiger partial charge in [-0.3, -0.25) is 0 Å². The highest BCUT2D eigenvalue weighted by molar-refractivity contribution is 5.54. The first-order valence-corrected chi connectivity index (χ1v) is 6.85. The third-order valence-corrected chi connectivity index (χ3v) is 3.48. The van der Waals surface area contributed by atoms with Crippen molar-refractivity contribution in [3.8, 4) is 0 Å². The van der Waals surface area contributed by atoms with Gasteiger partial charge in [-0.15, -0.1) is 0 Å². The second-order valence-corrected chi connectivity index (χ2v) is 5.29. The van der Waals surface area contributed by atoms with Gasteiger partial charge in [-0.05, 0) is 37.8 Å². The molecule has 1 fully saturated rings. The fourth-order valence-corrected chi connectivity index (χ4v) is 2.13. The molecule has 4 heteroatoms. The number of aliphatic hydroxyl groups excluding tert-OH is 1. The molecule has 0 bridgehead atoms. The molecule has 0 saturated heterocycles. The monoisotopic (exact) mass is 267 g/mol. The Labute approximate surface area is 114 Å². The summed E-state index contributed by atoms with van der Waals surface area (Å²) in [6, 6.07) is 4.87. The third-order valence-electron chi connectivity index (χ3n) is 3.48. The van der Waals surface area contributed by atoms with Crippen LogP contribution in [-0.2, 0) is 4.74 Å². The van der Waals surface area contributed by atoms with Crippen LogP contribution in [0.4, 0.5) is 10.1 Å². The summed E-state index contributed by atoms with van der Waals surface area (Å²) in [6.45, 7) is 3.73. The number of nitrogens with zero attached hydrogens (tertiary/aromatic N) is 1. The predicted octanol–water partition coefficient (Wildman–Crippen LogP) is 2.74. The molecule has 0 unspecified atom stereocenters. The van der Waals surface area contributed by atoms with E-state index in [-0.39, 0.29) is 5.82 Å². The fraction of sp³-hybridized carbons (Fsp3) is 0.600. The van der Waals surface area contributed by atoms with Crippen LogP contribution in [0.15, 0.2) is 18.2 Å². The number of likely N-dealkylation sites (N-methyl/N-ethyl adjacent to an activating group) is 1. The standard InChI is InChI=1S/C15H22FNO2/c1-11(18)15-13(16)4-3-5-14(15)17(2)8-9-19-10-12-6-7-12/h3-5,11-12,18H,6-10H2,1-2H3/t11-/m0/s1. The Morgan fingerprint density at radius 2 is 2.21 bits per heavy atom. The van der Waals surface area contributed by atoms with Crippen molar-refractivity contribution in [3.05, 3.63) is 29.6 Å². The molecular formula is C15H22FNO2. The van der Waals surface area contributed by atoms with Crippen LogP contribution in [0.3, 0.4) is 0 Å². The number of ether oxygens (including phenoxy) is 1. The number of rotatable bonds is 7. The molecule has 1 atom stereocenters. The Kier molecular flexibility index (Phi) is 4.77. The number of hydrogen-bond donors (Lipinski definition) is 1. The van der Waals surface area contributed by atoms with Crippen molar-refractivity contribution in [3.63, 3.8) is 0 Å². The summed E-state index contributed by atoms with van der Waals surface area (Å²) in [5.74, 6) is 0.394. The van der Waals surface area contributed by atoms with Gasteiger partial charge in [0.15, 0.2) is 0 Å². The minimum atomic E-state index is -0.814. The largest absolute Gasteiger partial charge is 0.389 e. The van der Waals surface area contributed by atoms with Crippen LogP contribution in [-0.4, -0.2) is 31.9 Å². The lowest BCUT2D eigenvalue weighted by molar-refractivity contribution is 0.130. The third kappa shape index (κ3) is 3.91. The Balaban J connectivity index is 1.93. The number of hydrogen-bond acceptors (Lipinski definition) is 3. The van der Waals surface area contributed by atoms with Gasteiger partial charge >= 0.3 is 0 Å². The molecule has 0 amide bonds.